The Morgan fingerprint density at radius 2 is 1.95 bits per heavy atom. The Labute approximate surface area is 119 Å². The highest BCUT2D eigenvalue weighted by Gasteiger charge is 2.45. The van der Waals surface area contributed by atoms with Crippen LogP contribution in [0, 0.1) is 0 Å². The molecule has 0 spiro atoms. The number of nitrogens with zero attached hydrogens (tertiary/aromatic N) is 1. The summed E-state index contributed by atoms with van der Waals surface area (Å²) in [5.74, 6) is -3.02. The van der Waals surface area contributed by atoms with Crippen molar-refractivity contribution in [1.82, 2.24) is 4.90 Å². The second-order valence-corrected chi connectivity index (χ2v) is 4.94. The van der Waals surface area contributed by atoms with Crippen LogP contribution < -0.4 is 0 Å². The van der Waals surface area contributed by atoms with Crippen LogP contribution in [0.2, 0.25) is 0 Å². The molecule has 1 fully saturated rings. The van der Waals surface area contributed by atoms with Crippen LogP contribution in [-0.2, 0) is 4.79 Å². The third kappa shape index (κ3) is 3.34. The number of benzene rings is 1. The van der Waals surface area contributed by atoms with E-state index in [-0.39, 0.29) is 12.1 Å². The van der Waals surface area contributed by atoms with Crippen LogP contribution in [0.1, 0.15) is 41.2 Å². The Morgan fingerprint density at radius 3 is 2.57 bits per heavy atom. The minimum Gasteiger partial charge on any atom is -0.478 e. The molecule has 1 N–H and O–H groups in total. The lowest BCUT2D eigenvalue weighted by Gasteiger charge is -2.36. The van der Waals surface area contributed by atoms with E-state index in [0.29, 0.717) is 24.8 Å². The first kappa shape index (κ1) is 15.3. The fourth-order valence-corrected chi connectivity index (χ4v) is 2.56. The monoisotopic (exact) mass is 301 g/mol. The molecule has 1 heterocycles. The van der Waals surface area contributed by atoms with Crippen molar-refractivity contribution in [3.8, 4) is 0 Å². The molecule has 1 unspecified atom stereocenters. The van der Waals surface area contributed by atoms with Gasteiger partial charge in [0.25, 0.3) is 0 Å². The fraction of sp³-hybridized carbons (Fsp3) is 0.429. The Bertz CT molecular complexity index is 557. The van der Waals surface area contributed by atoms with Crippen LogP contribution in [0.25, 0.3) is 0 Å². The molecule has 1 aromatic rings. The van der Waals surface area contributed by atoms with Gasteiger partial charge in [-0.15, -0.1) is 0 Å². The zero-order valence-corrected chi connectivity index (χ0v) is 11.1. The third-order valence-corrected chi connectivity index (χ3v) is 3.52. The van der Waals surface area contributed by atoms with Crippen molar-refractivity contribution < 1.29 is 27.9 Å². The quantitative estimate of drug-likeness (QED) is 0.913. The molecule has 1 aliphatic heterocycles. The number of amides is 1. The Kier molecular flexibility index (Phi) is 4.20. The molecular formula is C14H14F3NO3. The maximum Gasteiger partial charge on any atom is 0.471 e. The topological polar surface area (TPSA) is 57.6 Å². The maximum absolute atomic E-state index is 12.6. The average molecular weight is 301 g/mol. The van der Waals surface area contributed by atoms with Gasteiger partial charge < -0.3 is 10.0 Å². The van der Waals surface area contributed by atoms with Gasteiger partial charge in [-0.05, 0) is 37.0 Å². The molecule has 0 aromatic heterocycles. The molecular weight excluding hydrogens is 287 g/mol. The summed E-state index contributed by atoms with van der Waals surface area (Å²) < 4.78 is 37.9. The van der Waals surface area contributed by atoms with Crippen LogP contribution in [0.5, 0.6) is 0 Å². The van der Waals surface area contributed by atoms with E-state index in [1.165, 1.54) is 18.2 Å². The number of carboxylic acids is 1. The van der Waals surface area contributed by atoms with Crippen molar-refractivity contribution in [2.45, 2.75) is 31.5 Å². The summed E-state index contributed by atoms with van der Waals surface area (Å²) in [7, 11) is 0. The highest BCUT2D eigenvalue weighted by molar-refractivity contribution is 5.88. The van der Waals surface area contributed by atoms with Gasteiger partial charge in [0.15, 0.2) is 0 Å². The molecule has 7 heteroatoms. The lowest BCUT2D eigenvalue weighted by molar-refractivity contribution is -0.189. The predicted molar refractivity (Wildman–Crippen MR) is 67.8 cm³/mol. The molecule has 1 amide bonds. The van der Waals surface area contributed by atoms with Gasteiger partial charge in [0.05, 0.1) is 11.6 Å². The molecule has 1 atom stereocenters. The third-order valence-electron chi connectivity index (χ3n) is 3.52. The number of hydrogen-bond donors (Lipinski definition) is 1. The molecule has 114 valence electrons. The number of alkyl halides is 3. The maximum atomic E-state index is 12.6. The van der Waals surface area contributed by atoms with Crippen LogP contribution >= 0.6 is 0 Å². The number of hydrogen-bond acceptors (Lipinski definition) is 2. The van der Waals surface area contributed by atoms with Gasteiger partial charge in [-0.25, -0.2) is 4.79 Å². The predicted octanol–water partition coefficient (Wildman–Crippen LogP) is 3.00. The number of aromatic carboxylic acids is 1. The van der Waals surface area contributed by atoms with Crippen molar-refractivity contribution >= 4 is 11.9 Å². The molecule has 1 aliphatic rings. The van der Waals surface area contributed by atoms with Crippen LogP contribution in [0.4, 0.5) is 13.2 Å². The first-order chi connectivity index (χ1) is 9.80. The normalized spacial score (nSPS) is 19.4. The molecule has 0 radical (unpaired) electrons. The van der Waals surface area contributed by atoms with Crippen molar-refractivity contribution in [2.75, 3.05) is 6.54 Å². The Morgan fingerprint density at radius 1 is 1.24 bits per heavy atom. The van der Waals surface area contributed by atoms with E-state index in [1.54, 1.807) is 6.07 Å². The summed E-state index contributed by atoms with van der Waals surface area (Å²) in [4.78, 5) is 23.3. The summed E-state index contributed by atoms with van der Waals surface area (Å²) in [6, 6.07) is 5.00. The molecule has 2 rings (SSSR count). The van der Waals surface area contributed by atoms with E-state index in [0.717, 1.165) is 4.90 Å². The molecule has 4 nitrogen and oxygen atoms in total. The lowest BCUT2D eigenvalue weighted by atomic mass is 9.94. The first-order valence-electron chi connectivity index (χ1n) is 6.52. The molecule has 0 saturated carbocycles. The Hall–Kier alpha value is -2.05. The van der Waals surface area contributed by atoms with E-state index in [2.05, 4.69) is 0 Å². The van der Waals surface area contributed by atoms with E-state index >= 15 is 0 Å². The number of carbonyl (C=O) groups is 2. The minimum atomic E-state index is -4.92. The molecule has 21 heavy (non-hydrogen) atoms. The van der Waals surface area contributed by atoms with Crippen molar-refractivity contribution in [3.05, 3.63) is 35.4 Å². The van der Waals surface area contributed by atoms with Crippen molar-refractivity contribution in [3.63, 3.8) is 0 Å². The van der Waals surface area contributed by atoms with Crippen LogP contribution in [0.15, 0.2) is 24.3 Å². The second kappa shape index (κ2) is 5.75. The highest BCUT2D eigenvalue weighted by Crippen LogP contribution is 2.34. The fourth-order valence-electron chi connectivity index (χ4n) is 2.56. The number of piperidine rings is 1. The molecule has 1 saturated heterocycles. The summed E-state index contributed by atoms with van der Waals surface area (Å²) >= 11 is 0. The summed E-state index contributed by atoms with van der Waals surface area (Å²) in [5, 5.41) is 8.95. The zero-order chi connectivity index (χ0) is 15.6. The minimum absolute atomic E-state index is 0.00233. The standard InChI is InChI=1S/C14H14F3NO3/c15-14(16,17)13(21)18-7-2-1-6-11(18)9-4-3-5-10(8-9)12(19)20/h3-5,8,11H,1-2,6-7H2,(H,19,20). The summed E-state index contributed by atoms with van der Waals surface area (Å²) in [6.45, 7) is 0.0281. The summed E-state index contributed by atoms with van der Waals surface area (Å²) in [6.07, 6.45) is -3.31. The smallest absolute Gasteiger partial charge is 0.471 e. The van der Waals surface area contributed by atoms with Crippen LogP contribution in [0.3, 0.4) is 0 Å². The molecule has 0 aliphatic carbocycles. The molecule has 0 bridgehead atoms. The number of rotatable bonds is 2. The summed E-state index contributed by atoms with van der Waals surface area (Å²) in [5.41, 5.74) is 0.421. The van der Waals surface area contributed by atoms with Crippen LogP contribution in [-0.4, -0.2) is 34.6 Å². The van der Waals surface area contributed by atoms with Gasteiger partial charge in [0.1, 0.15) is 0 Å². The molecule has 1 aromatic carbocycles. The van der Waals surface area contributed by atoms with Gasteiger partial charge >= 0.3 is 18.1 Å². The van der Waals surface area contributed by atoms with E-state index in [9.17, 15) is 22.8 Å². The second-order valence-electron chi connectivity index (χ2n) is 4.94. The lowest BCUT2D eigenvalue weighted by Crippen LogP contribution is -2.45. The van der Waals surface area contributed by atoms with Gasteiger partial charge in [-0.3, -0.25) is 4.79 Å². The number of halogens is 3. The van der Waals surface area contributed by atoms with E-state index in [4.69, 9.17) is 5.11 Å². The van der Waals surface area contributed by atoms with E-state index < -0.39 is 24.1 Å². The van der Waals surface area contributed by atoms with E-state index in [1.807, 2.05) is 0 Å². The van der Waals surface area contributed by atoms with Gasteiger partial charge in [-0.2, -0.15) is 13.2 Å². The number of carbonyl (C=O) groups excluding carboxylic acids is 1. The Balaban J connectivity index is 2.33. The number of likely N-dealkylation sites (tertiary alicyclic amines) is 1. The van der Waals surface area contributed by atoms with Gasteiger partial charge in [0, 0.05) is 6.54 Å². The van der Waals surface area contributed by atoms with Crippen molar-refractivity contribution in [2.24, 2.45) is 0 Å². The zero-order valence-electron chi connectivity index (χ0n) is 11.1. The SMILES string of the molecule is O=C(O)c1cccc(C2CCCCN2C(=O)C(F)(F)F)c1. The first-order valence-corrected chi connectivity index (χ1v) is 6.52. The highest BCUT2D eigenvalue weighted by atomic mass is 19.4. The van der Waals surface area contributed by atoms with Crippen molar-refractivity contribution in [1.29, 1.82) is 0 Å². The largest absolute Gasteiger partial charge is 0.478 e. The average Bonchev–Trinajstić information content (AvgIpc) is 2.45. The van der Waals surface area contributed by atoms with Gasteiger partial charge in [0.2, 0.25) is 0 Å². The number of carboxylic acid groups (broad SMARTS) is 1. The van der Waals surface area contributed by atoms with Gasteiger partial charge in [-0.1, -0.05) is 12.1 Å².